The van der Waals surface area contributed by atoms with Gasteiger partial charge in [0, 0.05) is 12.3 Å². The third-order valence-electron chi connectivity index (χ3n) is 3.01. The Morgan fingerprint density at radius 2 is 2.33 bits per heavy atom. The van der Waals surface area contributed by atoms with Crippen molar-refractivity contribution in [3.63, 3.8) is 0 Å². The van der Waals surface area contributed by atoms with Crippen molar-refractivity contribution in [2.45, 2.75) is 31.1 Å². The van der Waals surface area contributed by atoms with Gasteiger partial charge in [-0.25, -0.2) is 13.6 Å². The van der Waals surface area contributed by atoms with E-state index in [4.69, 9.17) is 9.84 Å². The first-order valence-electron chi connectivity index (χ1n) is 5.37. The number of aliphatic hydroxyl groups is 1. The van der Waals surface area contributed by atoms with Crippen LogP contribution in [-0.4, -0.2) is 33.3 Å². The van der Waals surface area contributed by atoms with Gasteiger partial charge in [-0.05, 0) is 12.8 Å². The molecule has 2 unspecified atom stereocenters. The molecular formula is C10H12F2N2O4. The molecule has 1 aromatic rings. The van der Waals surface area contributed by atoms with Crippen LogP contribution in [0.3, 0.4) is 0 Å². The smallest absolute Gasteiger partial charge is 0.330 e. The van der Waals surface area contributed by atoms with E-state index in [1.54, 1.807) is 0 Å². The second-order valence-corrected chi connectivity index (χ2v) is 4.15. The summed E-state index contributed by atoms with van der Waals surface area (Å²) in [6.07, 6.45) is -2.46. The van der Waals surface area contributed by atoms with Gasteiger partial charge in [-0.1, -0.05) is 0 Å². The Bertz CT molecular complexity index is 541. The van der Waals surface area contributed by atoms with Crippen LogP contribution in [-0.2, 0) is 4.74 Å². The lowest BCUT2D eigenvalue weighted by Crippen LogP contribution is -2.42. The lowest BCUT2D eigenvalue weighted by atomic mass is 10.0. The van der Waals surface area contributed by atoms with E-state index in [1.165, 1.54) is 6.20 Å². The summed E-state index contributed by atoms with van der Waals surface area (Å²) in [5.41, 5.74) is -3.23. The number of aromatic nitrogens is 2. The minimum atomic E-state index is -2.84. The van der Waals surface area contributed by atoms with Gasteiger partial charge in [0.05, 0.1) is 6.61 Å². The van der Waals surface area contributed by atoms with Crippen LogP contribution in [0.25, 0.3) is 0 Å². The van der Waals surface area contributed by atoms with Crippen molar-refractivity contribution in [3.05, 3.63) is 33.1 Å². The van der Waals surface area contributed by atoms with E-state index in [1.807, 2.05) is 4.98 Å². The molecule has 0 radical (unpaired) electrons. The number of aliphatic hydroxyl groups excluding tert-OH is 1. The van der Waals surface area contributed by atoms with Crippen molar-refractivity contribution in [3.8, 4) is 0 Å². The zero-order chi connectivity index (χ0) is 13.3. The number of alkyl halides is 2. The Hall–Kier alpha value is -1.54. The molecule has 1 fully saturated rings. The minimum absolute atomic E-state index is 0.0581. The summed E-state index contributed by atoms with van der Waals surface area (Å²) in [7, 11) is 0. The van der Waals surface area contributed by atoms with E-state index in [9.17, 15) is 18.4 Å². The average molecular weight is 262 g/mol. The van der Waals surface area contributed by atoms with Crippen LogP contribution in [0.15, 0.2) is 21.9 Å². The molecule has 1 saturated heterocycles. The number of H-pyrrole nitrogens is 1. The van der Waals surface area contributed by atoms with Crippen molar-refractivity contribution >= 4 is 0 Å². The highest BCUT2D eigenvalue weighted by atomic mass is 19.3. The second kappa shape index (κ2) is 4.62. The molecule has 2 rings (SSSR count). The van der Waals surface area contributed by atoms with E-state index in [-0.39, 0.29) is 12.8 Å². The molecule has 0 spiro atoms. The zero-order valence-corrected chi connectivity index (χ0v) is 9.31. The summed E-state index contributed by atoms with van der Waals surface area (Å²) in [4.78, 5) is 24.4. The maximum absolute atomic E-state index is 12.8. The van der Waals surface area contributed by atoms with E-state index in [0.717, 1.165) is 10.6 Å². The fourth-order valence-electron chi connectivity index (χ4n) is 1.95. The van der Waals surface area contributed by atoms with Gasteiger partial charge in [0.1, 0.15) is 6.23 Å². The number of aromatic amines is 1. The predicted octanol–water partition coefficient (Wildman–Crippen LogP) is -0.158. The normalized spacial score (nSPS) is 27.9. The van der Waals surface area contributed by atoms with Crippen LogP contribution in [0.1, 0.15) is 19.1 Å². The third kappa shape index (κ3) is 2.08. The standard InChI is InChI=1S/C10H12F2N2O4/c11-8(12)10(5-15)3-1-7(18-10)14-4-2-6(16)13-9(14)17/h2,4,7-8,15H,1,3,5H2,(H,13,16,17). The molecule has 8 heteroatoms. The van der Waals surface area contributed by atoms with E-state index < -0.39 is 36.1 Å². The number of halogens is 2. The highest BCUT2D eigenvalue weighted by Crippen LogP contribution is 2.39. The summed E-state index contributed by atoms with van der Waals surface area (Å²) in [6.45, 7) is -0.820. The highest BCUT2D eigenvalue weighted by molar-refractivity contribution is 4.92. The maximum atomic E-state index is 12.8. The maximum Gasteiger partial charge on any atom is 0.330 e. The first-order chi connectivity index (χ1) is 8.48. The van der Waals surface area contributed by atoms with E-state index in [2.05, 4.69) is 0 Å². The Kier molecular flexibility index (Phi) is 3.31. The molecular weight excluding hydrogens is 250 g/mol. The minimum Gasteiger partial charge on any atom is -0.393 e. The molecule has 2 atom stereocenters. The van der Waals surface area contributed by atoms with Crippen LogP contribution >= 0.6 is 0 Å². The molecule has 0 bridgehead atoms. The van der Waals surface area contributed by atoms with Gasteiger partial charge in [0.2, 0.25) is 0 Å². The Morgan fingerprint density at radius 1 is 1.61 bits per heavy atom. The largest absolute Gasteiger partial charge is 0.393 e. The second-order valence-electron chi connectivity index (χ2n) is 4.15. The Labute approximate surface area is 99.8 Å². The molecule has 1 aromatic heterocycles. The van der Waals surface area contributed by atoms with Crippen molar-refractivity contribution in [1.29, 1.82) is 0 Å². The zero-order valence-electron chi connectivity index (χ0n) is 9.31. The molecule has 0 aliphatic carbocycles. The molecule has 18 heavy (non-hydrogen) atoms. The number of rotatable bonds is 3. The number of hydrogen-bond acceptors (Lipinski definition) is 4. The van der Waals surface area contributed by atoms with Gasteiger partial charge in [-0.15, -0.1) is 0 Å². The van der Waals surface area contributed by atoms with E-state index in [0.29, 0.717) is 0 Å². The first kappa shape index (κ1) is 12.9. The third-order valence-corrected chi connectivity index (χ3v) is 3.01. The van der Waals surface area contributed by atoms with Crippen LogP contribution in [0.4, 0.5) is 8.78 Å². The molecule has 0 saturated carbocycles. The van der Waals surface area contributed by atoms with Gasteiger partial charge in [-0.3, -0.25) is 14.3 Å². The van der Waals surface area contributed by atoms with Crippen molar-refractivity contribution in [1.82, 2.24) is 9.55 Å². The highest BCUT2D eigenvalue weighted by Gasteiger charge is 2.48. The lowest BCUT2D eigenvalue weighted by Gasteiger charge is -2.26. The molecule has 2 N–H and O–H groups in total. The quantitative estimate of drug-likeness (QED) is 0.793. The molecule has 6 nitrogen and oxygen atoms in total. The molecule has 0 aromatic carbocycles. The molecule has 0 amide bonds. The molecule has 100 valence electrons. The van der Waals surface area contributed by atoms with Gasteiger partial charge >= 0.3 is 5.69 Å². The summed E-state index contributed by atoms with van der Waals surface area (Å²) in [5.74, 6) is 0. The summed E-state index contributed by atoms with van der Waals surface area (Å²) in [6, 6.07) is 1.10. The summed E-state index contributed by atoms with van der Waals surface area (Å²) < 4.78 is 31.8. The average Bonchev–Trinajstić information content (AvgIpc) is 2.74. The molecule has 2 heterocycles. The summed E-state index contributed by atoms with van der Waals surface area (Å²) in [5, 5.41) is 9.01. The first-order valence-corrected chi connectivity index (χ1v) is 5.37. The number of ether oxygens (including phenoxy) is 1. The lowest BCUT2D eigenvalue weighted by molar-refractivity contribution is -0.169. The van der Waals surface area contributed by atoms with E-state index >= 15 is 0 Å². The summed E-state index contributed by atoms with van der Waals surface area (Å²) >= 11 is 0. The van der Waals surface area contributed by atoms with Crippen LogP contribution < -0.4 is 11.2 Å². The van der Waals surface area contributed by atoms with Gasteiger partial charge < -0.3 is 9.84 Å². The Morgan fingerprint density at radius 3 is 2.83 bits per heavy atom. The van der Waals surface area contributed by atoms with Crippen LogP contribution in [0.2, 0.25) is 0 Å². The molecule has 1 aliphatic heterocycles. The van der Waals surface area contributed by atoms with Crippen molar-refractivity contribution in [2.75, 3.05) is 6.61 Å². The van der Waals surface area contributed by atoms with Gasteiger partial charge in [0.25, 0.3) is 12.0 Å². The fourth-order valence-corrected chi connectivity index (χ4v) is 1.95. The van der Waals surface area contributed by atoms with Crippen molar-refractivity contribution < 1.29 is 18.6 Å². The SMILES string of the molecule is O=c1ccn(C2CCC(CO)(C(F)F)O2)c(=O)[nH]1. The number of nitrogens with zero attached hydrogens (tertiary/aromatic N) is 1. The Balaban J connectivity index is 2.28. The van der Waals surface area contributed by atoms with Crippen LogP contribution in [0.5, 0.6) is 0 Å². The van der Waals surface area contributed by atoms with Crippen LogP contribution in [0, 0.1) is 0 Å². The fraction of sp³-hybridized carbons (Fsp3) is 0.600. The number of hydrogen-bond donors (Lipinski definition) is 2. The monoisotopic (exact) mass is 262 g/mol. The predicted molar refractivity (Wildman–Crippen MR) is 56.5 cm³/mol. The molecule has 1 aliphatic rings. The number of nitrogens with one attached hydrogen (secondary N) is 1. The van der Waals surface area contributed by atoms with Crippen molar-refractivity contribution in [2.24, 2.45) is 0 Å². The topological polar surface area (TPSA) is 84.3 Å². The van der Waals surface area contributed by atoms with Gasteiger partial charge in [0.15, 0.2) is 5.60 Å². The van der Waals surface area contributed by atoms with Gasteiger partial charge in [-0.2, -0.15) is 0 Å².